The first-order chi connectivity index (χ1) is 8.03. The predicted molar refractivity (Wildman–Crippen MR) is 74.0 cm³/mol. The Morgan fingerprint density at radius 3 is 2.18 bits per heavy atom. The fraction of sp³-hybridized carbons (Fsp3) is 1.00. The van der Waals surface area contributed by atoms with Crippen molar-refractivity contribution in [1.29, 1.82) is 0 Å². The lowest BCUT2D eigenvalue weighted by atomic mass is 9.74. The molecule has 0 aromatic heterocycles. The van der Waals surface area contributed by atoms with Crippen molar-refractivity contribution >= 4 is 0 Å². The summed E-state index contributed by atoms with van der Waals surface area (Å²) < 4.78 is 0. The molecule has 0 radical (unpaired) electrons. The van der Waals surface area contributed by atoms with Crippen molar-refractivity contribution in [3.8, 4) is 0 Å². The molecule has 0 aromatic carbocycles. The molecule has 0 spiro atoms. The zero-order valence-corrected chi connectivity index (χ0v) is 11.9. The summed E-state index contributed by atoms with van der Waals surface area (Å²) in [6, 6.07) is 1.44. The maximum absolute atomic E-state index is 6.00. The van der Waals surface area contributed by atoms with Crippen LogP contribution in [-0.2, 0) is 0 Å². The van der Waals surface area contributed by atoms with Gasteiger partial charge in [-0.05, 0) is 56.9 Å². The van der Waals surface area contributed by atoms with Crippen molar-refractivity contribution in [2.45, 2.75) is 70.9 Å². The third-order valence-electron chi connectivity index (χ3n) is 5.34. The van der Waals surface area contributed by atoms with E-state index in [-0.39, 0.29) is 0 Å². The van der Waals surface area contributed by atoms with Crippen molar-refractivity contribution in [2.24, 2.45) is 17.1 Å². The van der Waals surface area contributed by atoms with E-state index in [0.29, 0.717) is 11.5 Å². The minimum atomic E-state index is 0.575. The molecule has 100 valence electrons. The highest BCUT2D eigenvalue weighted by atomic mass is 15.2. The summed E-state index contributed by atoms with van der Waals surface area (Å²) in [6.07, 6.45) is 9.73. The summed E-state index contributed by atoms with van der Waals surface area (Å²) >= 11 is 0. The molecule has 0 aliphatic heterocycles. The number of hydrogen-bond acceptors (Lipinski definition) is 2. The zero-order valence-electron chi connectivity index (χ0n) is 11.9. The van der Waals surface area contributed by atoms with Crippen LogP contribution in [0.25, 0.3) is 0 Å². The van der Waals surface area contributed by atoms with Gasteiger partial charge in [-0.15, -0.1) is 0 Å². The molecule has 2 saturated carbocycles. The van der Waals surface area contributed by atoms with Gasteiger partial charge in [0.25, 0.3) is 0 Å². The quantitative estimate of drug-likeness (QED) is 0.816. The molecule has 1 atom stereocenters. The van der Waals surface area contributed by atoms with Crippen LogP contribution in [0.5, 0.6) is 0 Å². The van der Waals surface area contributed by atoms with Crippen LogP contribution in [0.2, 0.25) is 0 Å². The largest absolute Gasteiger partial charge is 0.329 e. The SMILES string of the molecule is CN(C1CCC(C)(C)CC1)C(CN)C1CCC1. The van der Waals surface area contributed by atoms with Crippen LogP contribution in [0.4, 0.5) is 0 Å². The maximum atomic E-state index is 6.00. The molecule has 0 amide bonds. The Balaban J connectivity index is 1.88. The fourth-order valence-electron chi connectivity index (χ4n) is 3.58. The summed E-state index contributed by atoms with van der Waals surface area (Å²) in [6.45, 7) is 5.67. The fourth-order valence-corrected chi connectivity index (χ4v) is 3.58. The van der Waals surface area contributed by atoms with E-state index in [1.165, 1.54) is 44.9 Å². The van der Waals surface area contributed by atoms with Gasteiger partial charge in [0, 0.05) is 18.6 Å². The Morgan fingerprint density at radius 1 is 1.18 bits per heavy atom. The number of nitrogens with two attached hydrogens (primary N) is 1. The molecule has 2 N–H and O–H groups in total. The average molecular weight is 238 g/mol. The molecule has 2 nitrogen and oxygen atoms in total. The molecule has 0 aromatic rings. The predicted octanol–water partition coefficient (Wildman–Crippen LogP) is 3.01. The minimum Gasteiger partial charge on any atom is -0.329 e. The molecular formula is C15H30N2. The Hall–Kier alpha value is -0.0800. The van der Waals surface area contributed by atoms with Gasteiger partial charge in [0.15, 0.2) is 0 Å². The van der Waals surface area contributed by atoms with Crippen molar-refractivity contribution in [2.75, 3.05) is 13.6 Å². The smallest absolute Gasteiger partial charge is 0.0246 e. The standard InChI is InChI=1S/C15H30N2/c1-15(2)9-7-13(8-10-15)17(3)14(11-16)12-5-4-6-12/h12-14H,4-11,16H2,1-3H3. The third-order valence-corrected chi connectivity index (χ3v) is 5.34. The van der Waals surface area contributed by atoms with E-state index in [0.717, 1.165) is 18.5 Å². The van der Waals surface area contributed by atoms with Gasteiger partial charge in [0.05, 0.1) is 0 Å². The molecule has 2 rings (SSSR count). The first-order valence-corrected chi connectivity index (χ1v) is 7.45. The van der Waals surface area contributed by atoms with E-state index in [2.05, 4.69) is 25.8 Å². The van der Waals surface area contributed by atoms with Crippen LogP contribution in [0.3, 0.4) is 0 Å². The van der Waals surface area contributed by atoms with E-state index in [1.54, 1.807) is 0 Å². The topological polar surface area (TPSA) is 29.3 Å². The lowest BCUT2D eigenvalue weighted by Crippen LogP contribution is -2.51. The van der Waals surface area contributed by atoms with Gasteiger partial charge in [-0.2, -0.15) is 0 Å². The lowest BCUT2D eigenvalue weighted by molar-refractivity contribution is 0.0501. The number of rotatable bonds is 4. The normalized spacial score (nSPS) is 28.1. The van der Waals surface area contributed by atoms with E-state index >= 15 is 0 Å². The van der Waals surface area contributed by atoms with E-state index in [9.17, 15) is 0 Å². The Kier molecular flexibility index (Phi) is 4.14. The van der Waals surface area contributed by atoms with Crippen molar-refractivity contribution in [3.63, 3.8) is 0 Å². The highest BCUT2D eigenvalue weighted by molar-refractivity contribution is 4.90. The maximum Gasteiger partial charge on any atom is 0.0246 e. The Bertz CT molecular complexity index is 235. The van der Waals surface area contributed by atoms with E-state index < -0.39 is 0 Å². The number of hydrogen-bond donors (Lipinski definition) is 1. The van der Waals surface area contributed by atoms with Gasteiger partial charge in [-0.1, -0.05) is 20.3 Å². The molecule has 0 heterocycles. The number of likely N-dealkylation sites (N-methyl/N-ethyl adjacent to an activating group) is 1. The number of nitrogens with zero attached hydrogens (tertiary/aromatic N) is 1. The molecule has 1 unspecified atom stereocenters. The van der Waals surface area contributed by atoms with E-state index in [1.807, 2.05) is 0 Å². The zero-order chi connectivity index (χ0) is 12.5. The summed E-state index contributed by atoms with van der Waals surface area (Å²) in [5.41, 5.74) is 6.58. The monoisotopic (exact) mass is 238 g/mol. The first kappa shape index (κ1) is 13.4. The molecule has 2 fully saturated rings. The molecule has 0 bridgehead atoms. The molecule has 2 aliphatic carbocycles. The van der Waals surface area contributed by atoms with Crippen LogP contribution in [0.15, 0.2) is 0 Å². The first-order valence-electron chi connectivity index (χ1n) is 7.45. The molecule has 17 heavy (non-hydrogen) atoms. The van der Waals surface area contributed by atoms with Gasteiger partial charge in [0.1, 0.15) is 0 Å². The second-order valence-electron chi connectivity index (χ2n) is 7.05. The summed E-state index contributed by atoms with van der Waals surface area (Å²) in [5, 5.41) is 0. The van der Waals surface area contributed by atoms with Crippen LogP contribution in [0, 0.1) is 11.3 Å². The molecular weight excluding hydrogens is 208 g/mol. The highest BCUT2D eigenvalue weighted by Crippen LogP contribution is 2.39. The summed E-state index contributed by atoms with van der Waals surface area (Å²) in [4.78, 5) is 2.62. The Labute approximate surface area is 107 Å². The molecule has 2 aliphatic rings. The Morgan fingerprint density at radius 2 is 1.76 bits per heavy atom. The van der Waals surface area contributed by atoms with Gasteiger partial charge in [-0.3, -0.25) is 4.90 Å². The molecule has 2 heteroatoms. The highest BCUT2D eigenvalue weighted by Gasteiger charge is 2.35. The van der Waals surface area contributed by atoms with E-state index in [4.69, 9.17) is 5.73 Å². The van der Waals surface area contributed by atoms with Crippen LogP contribution in [-0.4, -0.2) is 30.6 Å². The van der Waals surface area contributed by atoms with Crippen LogP contribution in [0.1, 0.15) is 58.8 Å². The van der Waals surface area contributed by atoms with Crippen LogP contribution >= 0.6 is 0 Å². The third kappa shape index (κ3) is 3.03. The van der Waals surface area contributed by atoms with Crippen molar-refractivity contribution in [3.05, 3.63) is 0 Å². The van der Waals surface area contributed by atoms with Gasteiger partial charge in [-0.25, -0.2) is 0 Å². The molecule has 0 saturated heterocycles. The average Bonchev–Trinajstić information content (AvgIpc) is 2.22. The van der Waals surface area contributed by atoms with Crippen LogP contribution < -0.4 is 5.73 Å². The van der Waals surface area contributed by atoms with Gasteiger partial charge in [0.2, 0.25) is 0 Å². The second-order valence-corrected chi connectivity index (χ2v) is 7.05. The van der Waals surface area contributed by atoms with Gasteiger partial charge < -0.3 is 5.73 Å². The second kappa shape index (κ2) is 5.27. The van der Waals surface area contributed by atoms with Gasteiger partial charge >= 0.3 is 0 Å². The minimum absolute atomic E-state index is 0.575. The van der Waals surface area contributed by atoms with Crippen molar-refractivity contribution < 1.29 is 0 Å². The lowest BCUT2D eigenvalue weighted by Gasteiger charge is -2.45. The van der Waals surface area contributed by atoms with Crippen molar-refractivity contribution in [1.82, 2.24) is 4.90 Å². The summed E-state index contributed by atoms with van der Waals surface area (Å²) in [5.74, 6) is 0.889. The summed E-state index contributed by atoms with van der Waals surface area (Å²) in [7, 11) is 2.32.